The third-order valence-corrected chi connectivity index (χ3v) is 3.68. The lowest BCUT2D eigenvalue weighted by atomic mass is 10.0. The van der Waals surface area contributed by atoms with Crippen LogP contribution in [0.1, 0.15) is 18.1 Å². The van der Waals surface area contributed by atoms with E-state index in [1.807, 2.05) is 37.3 Å². The Morgan fingerprint density at radius 2 is 1.96 bits per heavy atom. The van der Waals surface area contributed by atoms with Crippen molar-refractivity contribution in [2.24, 2.45) is 0 Å². The second kappa shape index (κ2) is 9.53. The minimum absolute atomic E-state index is 0.0125. The maximum absolute atomic E-state index is 11.9. The Balaban J connectivity index is 2.11. The summed E-state index contributed by atoms with van der Waals surface area (Å²) in [5.74, 6) is 0.174. The first kappa shape index (κ1) is 19.4. The summed E-state index contributed by atoms with van der Waals surface area (Å²) in [4.78, 5) is 22.6. The first-order chi connectivity index (χ1) is 12.5. The number of benzene rings is 2. The lowest BCUT2D eigenvalue weighted by molar-refractivity contribution is -0.384. The van der Waals surface area contributed by atoms with Crippen molar-refractivity contribution in [3.05, 3.63) is 69.8 Å². The van der Waals surface area contributed by atoms with E-state index in [4.69, 9.17) is 9.47 Å². The van der Waals surface area contributed by atoms with Gasteiger partial charge in [-0.1, -0.05) is 30.3 Å². The molecule has 0 fully saturated rings. The van der Waals surface area contributed by atoms with E-state index in [1.165, 1.54) is 18.2 Å². The maximum atomic E-state index is 11.9. The largest absolute Gasteiger partial charge is 0.483 e. The fourth-order valence-electron chi connectivity index (χ4n) is 2.53. The summed E-state index contributed by atoms with van der Waals surface area (Å²) in [6.45, 7) is 2.06. The molecule has 0 aliphatic heterocycles. The van der Waals surface area contributed by atoms with E-state index in [1.54, 1.807) is 7.11 Å². The van der Waals surface area contributed by atoms with Gasteiger partial charge in [0.1, 0.15) is 5.75 Å². The SMILES string of the molecule is COCC(C)NC(=O)COc1ccc([N+](=O)[O-])cc1Cc1ccccc1. The van der Waals surface area contributed by atoms with Crippen molar-refractivity contribution < 1.29 is 19.2 Å². The Hall–Kier alpha value is -2.93. The number of nitro benzene ring substituents is 1. The van der Waals surface area contributed by atoms with Gasteiger partial charge in [0.15, 0.2) is 6.61 Å². The molecule has 0 bridgehead atoms. The van der Waals surface area contributed by atoms with Crippen LogP contribution in [0.5, 0.6) is 5.75 Å². The minimum atomic E-state index is -0.447. The Bertz CT molecular complexity index is 749. The van der Waals surface area contributed by atoms with Crippen LogP contribution < -0.4 is 10.1 Å². The van der Waals surface area contributed by atoms with Crippen LogP contribution in [0.4, 0.5) is 5.69 Å². The van der Waals surface area contributed by atoms with E-state index >= 15 is 0 Å². The highest BCUT2D eigenvalue weighted by atomic mass is 16.6. The van der Waals surface area contributed by atoms with Gasteiger partial charge >= 0.3 is 0 Å². The molecule has 1 atom stereocenters. The van der Waals surface area contributed by atoms with Crippen molar-refractivity contribution in [2.75, 3.05) is 20.3 Å². The van der Waals surface area contributed by atoms with Gasteiger partial charge < -0.3 is 14.8 Å². The zero-order valence-corrected chi connectivity index (χ0v) is 14.8. The van der Waals surface area contributed by atoms with Crippen molar-refractivity contribution in [1.29, 1.82) is 0 Å². The molecular formula is C19H22N2O5. The predicted octanol–water partition coefficient (Wildman–Crippen LogP) is 2.72. The lowest BCUT2D eigenvalue weighted by Crippen LogP contribution is -2.38. The molecule has 26 heavy (non-hydrogen) atoms. The first-order valence-corrected chi connectivity index (χ1v) is 8.22. The monoisotopic (exact) mass is 358 g/mol. The number of non-ortho nitro benzene ring substituents is 1. The number of nitrogens with one attached hydrogen (secondary N) is 1. The number of nitro groups is 1. The van der Waals surface area contributed by atoms with Crippen LogP contribution in [0, 0.1) is 10.1 Å². The number of rotatable bonds is 9. The third-order valence-electron chi connectivity index (χ3n) is 3.68. The highest BCUT2D eigenvalue weighted by molar-refractivity contribution is 5.77. The standard InChI is InChI=1S/C19H22N2O5/c1-14(12-25-2)20-19(22)13-26-18-9-8-17(21(23)24)11-16(18)10-15-6-4-3-5-7-15/h3-9,11,14H,10,12-13H2,1-2H3,(H,20,22). The zero-order chi connectivity index (χ0) is 18.9. The molecule has 7 nitrogen and oxygen atoms in total. The second-order valence-corrected chi connectivity index (χ2v) is 5.92. The minimum Gasteiger partial charge on any atom is -0.483 e. The molecule has 0 saturated heterocycles. The summed E-state index contributed by atoms with van der Waals surface area (Å²) >= 11 is 0. The first-order valence-electron chi connectivity index (χ1n) is 8.22. The zero-order valence-electron chi connectivity index (χ0n) is 14.8. The van der Waals surface area contributed by atoms with E-state index < -0.39 is 4.92 Å². The molecule has 1 unspecified atom stereocenters. The Kier molecular flexibility index (Phi) is 7.11. The molecule has 0 spiro atoms. The smallest absolute Gasteiger partial charge is 0.269 e. The molecule has 0 radical (unpaired) electrons. The quantitative estimate of drug-likeness (QED) is 0.550. The molecule has 7 heteroatoms. The molecule has 0 aliphatic rings. The summed E-state index contributed by atoms with van der Waals surface area (Å²) in [6.07, 6.45) is 0.472. The van der Waals surface area contributed by atoms with Crippen molar-refractivity contribution in [3.63, 3.8) is 0 Å². The summed E-state index contributed by atoms with van der Waals surface area (Å²) in [5.41, 5.74) is 1.64. The van der Waals surface area contributed by atoms with E-state index in [-0.39, 0.29) is 24.2 Å². The maximum Gasteiger partial charge on any atom is 0.269 e. The average molecular weight is 358 g/mol. The molecule has 0 heterocycles. The summed E-state index contributed by atoms with van der Waals surface area (Å²) in [7, 11) is 1.56. The predicted molar refractivity (Wildman–Crippen MR) is 97.3 cm³/mol. The topological polar surface area (TPSA) is 90.7 Å². The molecule has 0 saturated carbocycles. The molecule has 138 valence electrons. The summed E-state index contributed by atoms with van der Waals surface area (Å²) < 4.78 is 10.6. The van der Waals surface area contributed by atoms with Crippen LogP contribution in [0.2, 0.25) is 0 Å². The molecule has 0 aliphatic carbocycles. The van der Waals surface area contributed by atoms with E-state index in [0.717, 1.165) is 5.56 Å². The van der Waals surface area contributed by atoms with Crippen molar-refractivity contribution in [2.45, 2.75) is 19.4 Å². The number of ether oxygens (including phenoxy) is 2. The van der Waals surface area contributed by atoms with Gasteiger partial charge in [0.05, 0.1) is 11.5 Å². The number of carbonyl (C=O) groups excluding carboxylic acids is 1. The fourth-order valence-corrected chi connectivity index (χ4v) is 2.53. The Labute approximate surface area is 152 Å². The highest BCUT2D eigenvalue weighted by Crippen LogP contribution is 2.26. The molecule has 0 aromatic heterocycles. The van der Waals surface area contributed by atoms with Gasteiger partial charge in [-0.05, 0) is 18.6 Å². The molecule has 1 N–H and O–H groups in total. The van der Waals surface area contributed by atoms with Gasteiger partial charge in [-0.3, -0.25) is 14.9 Å². The fraction of sp³-hybridized carbons (Fsp3) is 0.316. The average Bonchev–Trinajstić information content (AvgIpc) is 2.61. The summed E-state index contributed by atoms with van der Waals surface area (Å²) in [5, 5.41) is 13.8. The van der Waals surface area contributed by atoms with Crippen LogP contribution in [-0.4, -0.2) is 37.2 Å². The van der Waals surface area contributed by atoms with Gasteiger partial charge in [0.2, 0.25) is 0 Å². The molecular weight excluding hydrogens is 336 g/mol. The van der Waals surface area contributed by atoms with Crippen LogP contribution in [0.25, 0.3) is 0 Å². The third kappa shape index (κ3) is 5.86. The molecule has 1 amide bonds. The summed E-state index contributed by atoms with van der Waals surface area (Å²) in [6, 6.07) is 13.8. The van der Waals surface area contributed by atoms with Gasteiger partial charge in [-0.15, -0.1) is 0 Å². The number of nitrogens with zero attached hydrogens (tertiary/aromatic N) is 1. The van der Waals surface area contributed by atoms with E-state index in [9.17, 15) is 14.9 Å². The van der Waals surface area contributed by atoms with Crippen LogP contribution in [0.3, 0.4) is 0 Å². The van der Waals surface area contributed by atoms with Gasteiger partial charge in [0, 0.05) is 37.3 Å². The van der Waals surface area contributed by atoms with Crippen molar-refractivity contribution in [3.8, 4) is 5.75 Å². The Morgan fingerprint density at radius 3 is 2.62 bits per heavy atom. The number of amides is 1. The normalized spacial score (nSPS) is 11.6. The number of carbonyl (C=O) groups is 1. The highest BCUT2D eigenvalue weighted by Gasteiger charge is 2.14. The number of methoxy groups -OCH3 is 1. The molecule has 2 rings (SSSR count). The van der Waals surface area contributed by atoms with Crippen molar-refractivity contribution >= 4 is 11.6 Å². The lowest BCUT2D eigenvalue weighted by Gasteiger charge is -2.15. The van der Waals surface area contributed by atoms with Crippen LogP contribution in [0.15, 0.2) is 48.5 Å². The number of hydrogen-bond donors (Lipinski definition) is 1. The van der Waals surface area contributed by atoms with Crippen LogP contribution in [-0.2, 0) is 16.0 Å². The Morgan fingerprint density at radius 1 is 1.23 bits per heavy atom. The van der Waals surface area contributed by atoms with Gasteiger partial charge in [-0.2, -0.15) is 0 Å². The van der Waals surface area contributed by atoms with E-state index in [0.29, 0.717) is 24.3 Å². The van der Waals surface area contributed by atoms with Crippen molar-refractivity contribution in [1.82, 2.24) is 5.32 Å². The second-order valence-electron chi connectivity index (χ2n) is 5.92. The van der Waals surface area contributed by atoms with Gasteiger partial charge in [-0.25, -0.2) is 0 Å². The van der Waals surface area contributed by atoms with E-state index in [2.05, 4.69) is 5.32 Å². The molecule has 2 aromatic rings. The van der Waals surface area contributed by atoms with Gasteiger partial charge in [0.25, 0.3) is 11.6 Å². The molecule has 2 aromatic carbocycles. The number of hydrogen-bond acceptors (Lipinski definition) is 5. The van der Waals surface area contributed by atoms with Crippen LogP contribution >= 0.6 is 0 Å².